The molecule has 2 amide bonds. The maximum atomic E-state index is 13.9. The van der Waals surface area contributed by atoms with Crippen molar-refractivity contribution < 1.29 is 22.7 Å². The smallest absolute Gasteiger partial charge is 0.243 e. The number of ether oxygens (including phenoxy) is 1. The number of carbonyl (C=O) groups excluding carboxylic acids is 2. The lowest BCUT2D eigenvalue weighted by molar-refractivity contribution is -0.141. The molecule has 0 aliphatic carbocycles. The van der Waals surface area contributed by atoms with Crippen molar-refractivity contribution in [1.82, 2.24) is 10.2 Å². The van der Waals surface area contributed by atoms with Crippen molar-refractivity contribution in [3.05, 3.63) is 95.0 Å². The summed E-state index contributed by atoms with van der Waals surface area (Å²) < 4.78 is 31.9. The van der Waals surface area contributed by atoms with Crippen LogP contribution >= 0.6 is 11.6 Å². The van der Waals surface area contributed by atoms with Crippen LogP contribution < -0.4 is 14.4 Å². The number of anilines is 1. The predicted molar refractivity (Wildman–Crippen MR) is 168 cm³/mol. The molecule has 0 spiro atoms. The van der Waals surface area contributed by atoms with Gasteiger partial charge in [-0.25, -0.2) is 8.42 Å². The average molecular weight is 614 g/mol. The molecule has 2 unspecified atom stereocenters. The minimum absolute atomic E-state index is 0.0301. The van der Waals surface area contributed by atoms with Gasteiger partial charge in [0.05, 0.1) is 19.1 Å². The normalized spacial score (nSPS) is 12.7. The Hall–Kier alpha value is -3.56. The predicted octanol–water partition coefficient (Wildman–Crippen LogP) is 5.45. The lowest BCUT2D eigenvalue weighted by Crippen LogP contribution is -2.52. The van der Waals surface area contributed by atoms with Gasteiger partial charge in [0.25, 0.3) is 0 Å². The molecule has 0 aliphatic rings. The van der Waals surface area contributed by atoms with Gasteiger partial charge in [0.15, 0.2) is 0 Å². The van der Waals surface area contributed by atoms with Crippen LogP contribution in [0, 0.1) is 0 Å². The summed E-state index contributed by atoms with van der Waals surface area (Å²) in [7, 11) is -2.12. The van der Waals surface area contributed by atoms with E-state index in [4.69, 9.17) is 16.3 Å². The number of amides is 2. The molecule has 0 aromatic heterocycles. The number of rotatable bonds is 15. The number of sulfonamides is 1. The summed E-state index contributed by atoms with van der Waals surface area (Å²) in [6.07, 6.45) is 2.47. The molecule has 1 N–H and O–H groups in total. The van der Waals surface area contributed by atoms with Crippen LogP contribution in [0.3, 0.4) is 0 Å². The maximum Gasteiger partial charge on any atom is 0.243 e. The van der Waals surface area contributed by atoms with Crippen molar-refractivity contribution in [2.45, 2.75) is 58.2 Å². The second kappa shape index (κ2) is 15.6. The highest BCUT2D eigenvalue weighted by Crippen LogP contribution is 2.25. The van der Waals surface area contributed by atoms with Gasteiger partial charge in [0.2, 0.25) is 21.8 Å². The van der Waals surface area contributed by atoms with Gasteiger partial charge in [-0.05, 0) is 49.1 Å². The molecule has 0 aliphatic heterocycles. The first-order chi connectivity index (χ1) is 20.0. The molecule has 42 heavy (non-hydrogen) atoms. The quantitative estimate of drug-likeness (QED) is 0.246. The number of nitrogens with zero attached hydrogens (tertiary/aromatic N) is 2. The Morgan fingerprint density at radius 1 is 1.00 bits per heavy atom. The van der Waals surface area contributed by atoms with E-state index in [0.29, 0.717) is 22.9 Å². The van der Waals surface area contributed by atoms with Crippen molar-refractivity contribution in [2.75, 3.05) is 24.2 Å². The third kappa shape index (κ3) is 9.49. The maximum absolute atomic E-state index is 13.9. The zero-order chi connectivity index (χ0) is 30.7. The van der Waals surface area contributed by atoms with Gasteiger partial charge in [-0.15, -0.1) is 0 Å². The molecule has 3 rings (SSSR count). The second-order valence-corrected chi connectivity index (χ2v) is 12.6. The van der Waals surface area contributed by atoms with E-state index in [9.17, 15) is 18.0 Å². The molecular formula is C32H40ClN3O5S. The summed E-state index contributed by atoms with van der Waals surface area (Å²) >= 11 is 6.49. The Morgan fingerprint density at radius 3 is 2.33 bits per heavy atom. The Morgan fingerprint density at radius 2 is 1.69 bits per heavy atom. The number of hydrogen-bond donors (Lipinski definition) is 1. The van der Waals surface area contributed by atoms with E-state index in [1.807, 2.05) is 62.4 Å². The van der Waals surface area contributed by atoms with E-state index >= 15 is 0 Å². The lowest BCUT2D eigenvalue weighted by Gasteiger charge is -2.33. The summed E-state index contributed by atoms with van der Waals surface area (Å²) in [5, 5.41) is 3.54. The van der Waals surface area contributed by atoms with Crippen LogP contribution in [-0.2, 0) is 32.6 Å². The SMILES string of the molecule is CCC(C)NC(=O)C(Cc1ccccc1)N(Cc1ccccc1Cl)C(=O)CCCN(c1cccc(OC)c1)S(C)(=O)=O. The Bertz CT molecular complexity index is 1430. The Kier molecular flexibility index (Phi) is 12.2. The fourth-order valence-corrected chi connectivity index (χ4v) is 5.73. The third-order valence-electron chi connectivity index (χ3n) is 7.06. The van der Waals surface area contributed by atoms with Crippen LogP contribution in [-0.4, -0.2) is 57.1 Å². The molecule has 8 nitrogen and oxygen atoms in total. The first kappa shape index (κ1) is 32.9. The van der Waals surface area contributed by atoms with Gasteiger partial charge in [0.1, 0.15) is 11.8 Å². The van der Waals surface area contributed by atoms with Gasteiger partial charge in [0, 0.05) is 43.1 Å². The summed E-state index contributed by atoms with van der Waals surface area (Å²) in [5.74, 6) is 0.0104. The van der Waals surface area contributed by atoms with Crippen LogP contribution in [0.4, 0.5) is 5.69 Å². The highest BCUT2D eigenvalue weighted by Gasteiger charge is 2.31. The van der Waals surface area contributed by atoms with Crippen LogP contribution in [0.15, 0.2) is 78.9 Å². The summed E-state index contributed by atoms with van der Waals surface area (Å²) in [5.41, 5.74) is 2.09. The Balaban J connectivity index is 1.90. The van der Waals surface area contributed by atoms with Gasteiger partial charge in [-0.1, -0.05) is 73.1 Å². The topological polar surface area (TPSA) is 96.0 Å². The fourth-order valence-electron chi connectivity index (χ4n) is 4.57. The molecule has 3 aromatic carbocycles. The minimum Gasteiger partial charge on any atom is -0.497 e. The number of hydrogen-bond acceptors (Lipinski definition) is 5. The largest absolute Gasteiger partial charge is 0.497 e. The Labute approximate surface area is 254 Å². The molecule has 0 bridgehead atoms. The number of nitrogens with one attached hydrogen (secondary N) is 1. The van der Waals surface area contributed by atoms with Crippen molar-refractivity contribution in [2.24, 2.45) is 0 Å². The molecule has 0 heterocycles. The first-order valence-electron chi connectivity index (χ1n) is 14.0. The second-order valence-electron chi connectivity index (χ2n) is 10.3. The summed E-state index contributed by atoms with van der Waals surface area (Å²) in [6, 6.07) is 22.7. The van der Waals surface area contributed by atoms with E-state index in [1.54, 1.807) is 35.2 Å². The highest BCUT2D eigenvalue weighted by molar-refractivity contribution is 7.92. The molecule has 10 heteroatoms. The molecule has 0 radical (unpaired) electrons. The summed E-state index contributed by atoms with van der Waals surface area (Å²) in [4.78, 5) is 29.2. The number of methoxy groups -OCH3 is 1. The lowest BCUT2D eigenvalue weighted by atomic mass is 10.0. The van der Waals surface area contributed by atoms with Crippen molar-refractivity contribution in [3.8, 4) is 5.75 Å². The molecule has 0 saturated carbocycles. The van der Waals surface area contributed by atoms with Crippen LogP contribution in [0.25, 0.3) is 0 Å². The van der Waals surface area contributed by atoms with Gasteiger partial charge >= 0.3 is 0 Å². The van der Waals surface area contributed by atoms with Crippen molar-refractivity contribution in [3.63, 3.8) is 0 Å². The van der Waals surface area contributed by atoms with E-state index < -0.39 is 16.1 Å². The van der Waals surface area contributed by atoms with Crippen LogP contribution in [0.5, 0.6) is 5.75 Å². The molecule has 3 aromatic rings. The van der Waals surface area contributed by atoms with E-state index in [2.05, 4.69) is 5.32 Å². The molecule has 226 valence electrons. The van der Waals surface area contributed by atoms with E-state index in [1.165, 1.54) is 11.4 Å². The number of carbonyl (C=O) groups is 2. The number of halogens is 1. The zero-order valence-electron chi connectivity index (χ0n) is 24.6. The first-order valence-corrected chi connectivity index (χ1v) is 16.2. The van der Waals surface area contributed by atoms with Crippen molar-refractivity contribution in [1.29, 1.82) is 0 Å². The molecule has 0 saturated heterocycles. The van der Waals surface area contributed by atoms with Crippen LogP contribution in [0.2, 0.25) is 5.02 Å². The zero-order valence-corrected chi connectivity index (χ0v) is 26.2. The third-order valence-corrected chi connectivity index (χ3v) is 8.63. The van der Waals surface area contributed by atoms with Crippen molar-refractivity contribution >= 4 is 39.1 Å². The van der Waals surface area contributed by atoms with Crippen LogP contribution in [0.1, 0.15) is 44.2 Å². The van der Waals surface area contributed by atoms with E-state index in [0.717, 1.165) is 23.8 Å². The molecule has 0 fully saturated rings. The van der Waals surface area contributed by atoms with E-state index in [-0.39, 0.29) is 43.8 Å². The highest BCUT2D eigenvalue weighted by atomic mass is 35.5. The fraction of sp³-hybridized carbons (Fsp3) is 0.375. The average Bonchev–Trinajstić information content (AvgIpc) is 2.97. The summed E-state index contributed by atoms with van der Waals surface area (Å²) in [6.45, 7) is 4.13. The minimum atomic E-state index is -3.63. The molecular weight excluding hydrogens is 574 g/mol. The van der Waals surface area contributed by atoms with Gasteiger partial charge in [-0.2, -0.15) is 0 Å². The monoisotopic (exact) mass is 613 g/mol. The van der Waals surface area contributed by atoms with Gasteiger partial charge in [-0.3, -0.25) is 13.9 Å². The van der Waals surface area contributed by atoms with Gasteiger partial charge < -0.3 is 15.0 Å². The molecule has 2 atom stereocenters. The standard InChI is InChI=1S/C32H40ClN3O5S/c1-5-24(2)34-32(38)30(21-25-13-7-6-8-14-25)35(23-26-15-9-10-18-29(26)33)31(37)19-12-20-36(42(4,39)40)27-16-11-17-28(22-27)41-3/h6-11,13-18,22,24,30H,5,12,19-21,23H2,1-4H3,(H,34,38). The number of benzene rings is 3.